The molecule has 0 spiro atoms. The molecule has 3 N–H and O–H groups in total. The molecule has 0 amide bonds. The van der Waals surface area contributed by atoms with Crippen molar-refractivity contribution < 1.29 is 18.8 Å². The van der Waals surface area contributed by atoms with Gasteiger partial charge in [-0.2, -0.15) is 0 Å². The van der Waals surface area contributed by atoms with E-state index in [2.05, 4.69) is 0 Å². The topological polar surface area (TPSA) is 64.7 Å². The number of para-hydroxylation sites is 1. The van der Waals surface area contributed by atoms with Crippen LogP contribution in [0.1, 0.15) is 39.2 Å². The van der Waals surface area contributed by atoms with Crippen LogP contribution in [0.15, 0.2) is 18.2 Å². The average Bonchev–Trinajstić information content (AvgIpc) is 2.51. The van der Waals surface area contributed by atoms with Gasteiger partial charge in [-0.15, -0.1) is 0 Å². The molecule has 0 radical (unpaired) electrons. The molecule has 0 aromatic heterocycles. The molecule has 0 aliphatic carbocycles. The molecule has 1 aromatic carbocycles. The fourth-order valence-corrected chi connectivity index (χ4v) is 1.98. The molecule has 19 heavy (non-hydrogen) atoms. The number of halogens is 1. The van der Waals surface area contributed by atoms with Gasteiger partial charge in [-0.3, -0.25) is 0 Å². The average molecular weight is 267 g/mol. The van der Waals surface area contributed by atoms with Gasteiger partial charge in [0.25, 0.3) is 0 Å². The zero-order valence-electron chi connectivity index (χ0n) is 11.6. The van der Waals surface area contributed by atoms with Crippen LogP contribution in [0.4, 0.5) is 4.39 Å². The summed E-state index contributed by atoms with van der Waals surface area (Å²) in [7, 11) is -0.724. The van der Waals surface area contributed by atoms with Crippen molar-refractivity contribution in [2.75, 3.05) is 0 Å². The Morgan fingerprint density at radius 2 is 1.74 bits per heavy atom. The highest BCUT2D eigenvalue weighted by Gasteiger charge is 2.53. The van der Waals surface area contributed by atoms with Crippen molar-refractivity contribution in [3.63, 3.8) is 0 Å². The van der Waals surface area contributed by atoms with Crippen LogP contribution in [0, 0.1) is 5.82 Å². The number of benzene rings is 1. The molecule has 1 saturated heterocycles. The van der Waals surface area contributed by atoms with Crippen molar-refractivity contribution >= 4 is 7.12 Å². The Hall–Kier alpha value is -1.11. The molecule has 1 fully saturated rings. The van der Waals surface area contributed by atoms with Crippen molar-refractivity contribution in [2.45, 2.75) is 44.8 Å². The standard InChI is InChI=1S/C13H19BFNO3/c1-12(2)13(3,4)19-14(18-12)11(16)8-6-5-7-9(15)10(8)17/h5-7,11,17H,16H2,1-4H3/t11-/m0/s1. The van der Waals surface area contributed by atoms with Crippen molar-refractivity contribution in [3.8, 4) is 5.75 Å². The molecule has 2 rings (SSSR count). The predicted molar refractivity (Wildman–Crippen MR) is 71.1 cm³/mol. The van der Waals surface area contributed by atoms with E-state index in [0.717, 1.165) is 0 Å². The van der Waals surface area contributed by atoms with Gasteiger partial charge < -0.3 is 20.1 Å². The largest absolute Gasteiger partial charge is 0.505 e. The second-order valence-electron chi connectivity index (χ2n) is 5.83. The maximum atomic E-state index is 13.3. The van der Waals surface area contributed by atoms with Gasteiger partial charge in [-0.1, -0.05) is 12.1 Å². The summed E-state index contributed by atoms with van der Waals surface area (Å²) in [5.41, 5.74) is 5.28. The molecule has 4 nitrogen and oxygen atoms in total. The minimum atomic E-state index is -0.753. The number of phenols is 1. The zero-order valence-corrected chi connectivity index (χ0v) is 11.6. The summed E-state index contributed by atoms with van der Waals surface area (Å²) in [6.07, 6.45) is 0. The van der Waals surface area contributed by atoms with Crippen molar-refractivity contribution in [3.05, 3.63) is 29.6 Å². The quantitative estimate of drug-likeness (QED) is 0.806. The Morgan fingerprint density at radius 3 is 2.26 bits per heavy atom. The summed E-state index contributed by atoms with van der Waals surface area (Å²) >= 11 is 0. The van der Waals surface area contributed by atoms with E-state index < -0.39 is 35.8 Å². The molecule has 1 atom stereocenters. The summed E-state index contributed by atoms with van der Waals surface area (Å²) in [6.45, 7) is 7.63. The highest BCUT2D eigenvalue weighted by Crippen LogP contribution is 2.40. The van der Waals surface area contributed by atoms with Gasteiger partial charge in [0.2, 0.25) is 0 Å². The van der Waals surface area contributed by atoms with Gasteiger partial charge >= 0.3 is 7.12 Å². The minimum absolute atomic E-state index is 0.276. The van der Waals surface area contributed by atoms with E-state index in [0.29, 0.717) is 0 Å². The van der Waals surface area contributed by atoms with E-state index in [-0.39, 0.29) is 5.56 Å². The van der Waals surface area contributed by atoms with Gasteiger partial charge in [0.1, 0.15) is 0 Å². The zero-order chi connectivity index (χ0) is 14.4. The summed E-state index contributed by atoms with van der Waals surface area (Å²) in [5.74, 6) is -1.91. The SMILES string of the molecule is CC1(C)OB([C@@H](N)c2cccc(F)c2O)OC1(C)C. The number of hydrogen-bond acceptors (Lipinski definition) is 4. The lowest BCUT2D eigenvalue weighted by molar-refractivity contribution is 0.00578. The van der Waals surface area contributed by atoms with Crippen LogP contribution >= 0.6 is 0 Å². The van der Waals surface area contributed by atoms with Crippen molar-refractivity contribution in [1.29, 1.82) is 0 Å². The van der Waals surface area contributed by atoms with Crippen molar-refractivity contribution in [1.82, 2.24) is 0 Å². The maximum absolute atomic E-state index is 13.3. The molecule has 104 valence electrons. The van der Waals surface area contributed by atoms with Crippen LogP contribution in [0.2, 0.25) is 0 Å². The third kappa shape index (κ3) is 2.36. The van der Waals surface area contributed by atoms with Gasteiger partial charge in [0, 0.05) is 5.56 Å². The number of aromatic hydroxyl groups is 1. The smallest absolute Gasteiger partial charge is 0.480 e. The first-order chi connectivity index (χ1) is 8.66. The first-order valence-corrected chi connectivity index (χ1v) is 6.24. The van der Waals surface area contributed by atoms with Crippen LogP contribution in [0.5, 0.6) is 5.75 Å². The lowest BCUT2D eigenvalue weighted by atomic mass is 9.74. The van der Waals surface area contributed by atoms with Crippen LogP contribution in [0.25, 0.3) is 0 Å². The number of phenolic OH excluding ortho intramolecular Hbond substituents is 1. The van der Waals surface area contributed by atoms with E-state index in [4.69, 9.17) is 15.0 Å². The predicted octanol–water partition coefficient (Wildman–Crippen LogP) is 2.16. The van der Waals surface area contributed by atoms with Crippen molar-refractivity contribution in [2.24, 2.45) is 5.73 Å². The Bertz CT molecular complexity index is 477. The van der Waals surface area contributed by atoms with Gasteiger partial charge in [-0.05, 0) is 33.8 Å². The van der Waals surface area contributed by atoms with Crippen LogP contribution in [-0.4, -0.2) is 23.4 Å². The molecule has 0 unspecified atom stereocenters. The van der Waals surface area contributed by atoms with Crippen LogP contribution < -0.4 is 5.73 Å². The van der Waals surface area contributed by atoms with E-state index >= 15 is 0 Å². The lowest BCUT2D eigenvalue weighted by Crippen LogP contribution is -2.41. The lowest BCUT2D eigenvalue weighted by Gasteiger charge is -2.32. The third-order valence-corrected chi connectivity index (χ3v) is 3.94. The second-order valence-corrected chi connectivity index (χ2v) is 5.83. The Labute approximate surface area is 112 Å². The molecular weight excluding hydrogens is 248 g/mol. The number of rotatable bonds is 2. The van der Waals surface area contributed by atoms with E-state index in [1.54, 1.807) is 6.07 Å². The van der Waals surface area contributed by atoms with Gasteiger partial charge in [0.05, 0.1) is 17.1 Å². The maximum Gasteiger partial charge on any atom is 0.480 e. The number of nitrogens with two attached hydrogens (primary N) is 1. The Kier molecular flexibility index (Phi) is 3.37. The molecule has 1 aromatic rings. The highest BCUT2D eigenvalue weighted by atomic mass is 19.1. The van der Waals surface area contributed by atoms with Gasteiger partial charge in [0.15, 0.2) is 11.6 Å². The minimum Gasteiger partial charge on any atom is -0.505 e. The summed E-state index contributed by atoms with van der Waals surface area (Å²) in [4.78, 5) is 0. The Balaban J connectivity index is 2.27. The molecule has 1 aliphatic rings. The molecule has 0 bridgehead atoms. The van der Waals surface area contributed by atoms with E-state index in [9.17, 15) is 9.50 Å². The molecule has 0 saturated carbocycles. The molecule has 6 heteroatoms. The first kappa shape index (κ1) is 14.3. The summed E-state index contributed by atoms with van der Waals surface area (Å²) in [5, 5.41) is 9.72. The molecular formula is C13H19BFNO3. The monoisotopic (exact) mass is 267 g/mol. The fourth-order valence-electron chi connectivity index (χ4n) is 1.98. The van der Waals surface area contributed by atoms with E-state index in [1.165, 1.54) is 12.1 Å². The second kappa shape index (κ2) is 4.47. The summed E-state index contributed by atoms with van der Waals surface area (Å²) in [6, 6.07) is 4.24. The normalized spacial score (nSPS) is 22.5. The Morgan fingerprint density at radius 1 is 1.21 bits per heavy atom. The van der Waals surface area contributed by atoms with Crippen LogP contribution in [-0.2, 0) is 9.31 Å². The highest BCUT2D eigenvalue weighted by molar-refractivity contribution is 6.47. The number of hydrogen-bond donors (Lipinski definition) is 2. The van der Waals surface area contributed by atoms with Gasteiger partial charge in [-0.25, -0.2) is 4.39 Å². The van der Waals surface area contributed by atoms with Crippen LogP contribution in [0.3, 0.4) is 0 Å². The van der Waals surface area contributed by atoms with E-state index in [1.807, 2.05) is 27.7 Å². The summed E-state index contributed by atoms with van der Waals surface area (Å²) < 4.78 is 24.9. The first-order valence-electron chi connectivity index (χ1n) is 6.24. The third-order valence-electron chi connectivity index (χ3n) is 3.94. The molecule has 1 aliphatic heterocycles. The fraction of sp³-hybridized carbons (Fsp3) is 0.538. The molecule has 1 heterocycles.